The first-order valence-electron chi connectivity index (χ1n) is 8.60. The lowest BCUT2D eigenvalue weighted by Crippen LogP contribution is -2.23. The summed E-state index contributed by atoms with van der Waals surface area (Å²) in [6, 6.07) is 20.5. The Labute approximate surface area is 149 Å². The van der Waals surface area contributed by atoms with Gasteiger partial charge >= 0.3 is 0 Å². The molecule has 0 atom stereocenters. The minimum Gasteiger partial charge on any atom is -0.318 e. The van der Waals surface area contributed by atoms with Crippen molar-refractivity contribution < 1.29 is 4.79 Å². The Morgan fingerprint density at radius 1 is 0.960 bits per heavy atom. The van der Waals surface area contributed by atoms with E-state index in [2.05, 4.69) is 47.1 Å². The summed E-state index contributed by atoms with van der Waals surface area (Å²) >= 11 is 0. The topological polar surface area (TPSA) is 34.0 Å². The molecule has 0 saturated heterocycles. The fraction of sp³-hybridized carbons (Fsp3) is 0.227. The van der Waals surface area contributed by atoms with Gasteiger partial charge in [0, 0.05) is 29.2 Å². The molecule has 1 N–H and O–H groups in total. The molecule has 0 unspecified atom stereocenters. The highest BCUT2D eigenvalue weighted by atomic mass is 16.1. The SMILES string of the molecule is Cc1cccc(CNCC(=O)c2cc(C)n(-c3ccccc3)c2C)c1. The number of carbonyl (C=O) groups excluding carboxylic acids is 1. The van der Waals surface area contributed by atoms with Crippen LogP contribution in [0.3, 0.4) is 0 Å². The first-order valence-corrected chi connectivity index (χ1v) is 8.60. The van der Waals surface area contributed by atoms with Crippen LogP contribution in [0.1, 0.15) is 32.9 Å². The molecule has 0 aliphatic heterocycles. The number of hydrogen-bond acceptors (Lipinski definition) is 2. The summed E-state index contributed by atoms with van der Waals surface area (Å²) in [5.41, 5.74) is 6.37. The predicted molar refractivity (Wildman–Crippen MR) is 102 cm³/mol. The second-order valence-corrected chi connectivity index (χ2v) is 6.47. The highest BCUT2D eigenvalue weighted by molar-refractivity contribution is 5.99. The van der Waals surface area contributed by atoms with Gasteiger partial charge < -0.3 is 9.88 Å². The van der Waals surface area contributed by atoms with Gasteiger partial charge in [-0.2, -0.15) is 0 Å². The Hall–Kier alpha value is -2.65. The van der Waals surface area contributed by atoms with Crippen LogP contribution in [0.15, 0.2) is 60.7 Å². The average Bonchev–Trinajstić information content (AvgIpc) is 2.90. The number of carbonyl (C=O) groups is 1. The van der Waals surface area contributed by atoms with Gasteiger partial charge in [-0.15, -0.1) is 0 Å². The summed E-state index contributed by atoms with van der Waals surface area (Å²) in [6.07, 6.45) is 0. The van der Waals surface area contributed by atoms with Crippen LogP contribution in [-0.4, -0.2) is 16.9 Å². The van der Waals surface area contributed by atoms with Gasteiger partial charge in [-0.25, -0.2) is 0 Å². The van der Waals surface area contributed by atoms with E-state index in [1.165, 1.54) is 11.1 Å². The molecule has 0 spiro atoms. The monoisotopic (exact) mass is 332 g/mol. The molecule has 3 rings (SSSR count). The number of nitrogens with one attached hydrogen (secondary N) is 1. The van der Waals surface area contributed by atoms with Gasteiger partial charge in [0.25, 0.3) is 0 Å². The number of hydrogen-bond donors (Lipinski definition) is 1. The highest BCUT2D eigenvalue weighted by Gasteiger charge is 2.16. The number of para-hydroxylation sites is 1. The van der Waals surface area contributed by atoms with Crippen molar-refractivity contribution in [3.8, 4) is 5.69 Å². The maximum absolute atomic E-state index is 12.6. The van der Waals surface area contributed by atoms with Gasteiger partial charge in [0.15, 0.2) is 5.78 Å². The number of ketones is 1. The highest BCUT2D eigenvalue weighted by Crippen LogP contribution is 2.21. The maximum Gasteiger partial charge on any atom is 0.178 e. The molecule has 128 valence electrons. The fourth-order valence-electron chi connectivity index (χ4n) is 3.26. The van der Waals surface area contributed by atoms with Gasteiger partial charge in [-0.05, 0) is 44.5 Å². The number of aryl methyl sites for hydroxylation is 2. The molecule has 3 heteroatoms. The number of nitrogens with zero attached hydrogens (tertiary/aromatic N) is 1. The van der Waals surface area contributed by atoms with Crippen LogP contribution >= 0.6 is 0 Å². The third kappa shape index (κ3) is 3.89. The van der Waals surface area contributed by atoms with E-state index >= 15 is 0 Å². The van der Waals surface area contributed by atoms with Gasteiger partial charge in [0.1, 0.15) is 0 Å². The lowest BCUT2D eigenvalue weighted by atomic mass is 10.1. The molecule has 0 amide bonds. The summed E-state index contributed by atoms with van der Waals surface area (Å²) in [5, 5.41) is 3.26. The predicted octanol–water partition coefficient (Wildman–Crippen LogP) is 4.38. The molecule has 1 aromatic heterocycles. The summed E-state index contributed by atoms with van der Waals surface area (Å²) in [6.45, 7) is 7.16. The number of benzene rings is 2. The minimum absolute atomic E-state index is 0.128. The first-order chi connectivity index (χ1) is 12.1. The van der Waals surface area contributed by atoms with E-state index < -0.39 is 0 Å². The van der Waals surface area contributed by atoms with Gasteiger partial charge in [0.05, 0.1) is 6.54 Å². The quantitative estimate of drug-likeness (QED) is 0.680. The van der Waals surface area contributed by atoms with Gasteiger partial charge in [-0.1, -0.05) is 48.0 Å². The van der Waals surface area contributed by atoms with E-state index in [4.69, 9.17) is 0 Å². The third-order valence-corrected chi connectivity index (χ3v) is 4.44. The van der Waals surface area contributed by atoms with E-state index in [1.54, 1.807) is 0 Å². The van der Waals surface area contributed by atoms with Crippen LogP contribution in [0.25, 0.3) is 5.69 Å². The number of rotatable bonds is 6. The molecule has 0 aliphatic carbocycles. The molecular formula is C22H24N2O. The Balaban J connectivity index is 1.71. The standard InChI is InChI=1S/C22H24N2O/c1-16-8-7-9-19(12-16)14-23-15-22(25)21-13-17(2)24(18(21)3)20-10-5-4-6-11-20/h4-13,23H,14-15H2,1-3H3. The smallest absolute Gasteiger partial charge is 0.178 e. The van der Waals surface area contributed by atoms with Crippen LogP contribution in [0.2, 0.25) is 0 Å². The van der Waals surface area contributed by atoms with E-state index in [9.17, 15) is 4.79 Å². The van der Waals surface area contributed by atoms with Crippen molar-refractivity contribution in [2.75, 3.05) is 6.54 Å². The zero-order valence-corrected chi connectivity index (χ0v) is 15.0. The zero-order chi connectivity index (χ0) is 17.8. The average molecular weight is 332 g/mol. The van der Waals surface area contributed by atoms with E-state index in [0.29, 0.717) is 13.1 Å². The van der Waals surface area contributed by atoms with Crippen molar-refractivity contribution in [2.45, 2.75) is 27.3 Å². The number of Topliss-reactive ketones (excluding diaryl/α,β-unsaturated/α-hetero) is 1. The van der Waals surface area contributed by atoms with Crippen LogP contribution in [0.4, 0.5) is 0 Å². The van der Waals surface area contributed by atoms with Gasteiger partial charge in [0.2, 0.25) is 0 Å². The normalized spacial score (nSPS) is 10.8. The molecule has 3 nitrogen and oxygen atoms in total. The minimum atomic E-state index is 0.128. The van der Waals surface area contributed by atoms with Crippen molar-refractivity contribution in [3.05, 3.63) is 88.7 Å². The molecule has 2 aromatic carbocycles. The summed E-state index contributed by atoms with van der Waals surface area (Å²) in [4.78, 5) is 12.6. The molecule has 0 bridgehead atoms. The summed E-state index contributed by atoms with van der Waals surface area (Å²) in [5.74, 6) is 0.128. The van der Waals surface area contributed by atoms with Crippen molar-refractivity contribution in [3.63, 3.8) is 0 Å². The lowest BCUT2D eigenvalue weighted by Gasteiger charge is -2.10. The van der Waals surface area contributed by atoms with Crippen LogP contribution in [0.5, 0.6) is 0 Å². The Morgan fingerprint density at radius 3 is 2.44 bits per heavy atom. The molecule has 25 heavy (non-hydrogen) atoms. The van der Waals surface area contributed by atoms with Crippen LogP contribution in [-0.2, 0) is 6.54 Å². The summed E-state index contributed by atoms with van der Waals surface area (Å²) < 4.78 is 2.13. The molecule has 3 aromatic rings. The number of aromatic nitrogens is 1. The zero-order valence-electron chi connectivity index (χ0n) is 15.0. The van der Waals surface area contributed by atoms with E-state index in [0.717, 1.165) is 22.6 Å². The lowest BCUT2D eigenvalue weighted by molar-refractivity contribution is 0.0990. The third-order valence-electron chi connectivity index (χ3n) is 4.44. The van der Waals surface area contributed by atoms with Crippen molar-refractivity contribution >= 4 is 5.78 Å². The Kier molecular flexibility index (Phi) is 5.15. The Morgan fingerprint density at radius 2 is 1.72 bits per heavy atom. The summed E-state index contributed by atoms with van der Waals surface area (Å²) in [7, 11) is 0. The first kappa shape index (κ1) is 17.2. The van der Waals surface area contributed by atoms with Crippen molar-refractivity contribution in [1.82, 2.24) is 9.88 Å². The molecular weight excluding hydrogens is 308 g/mol. The second kappa shape index (κ2) is 7.49. The molecule has 0 fully saturated rings. The molecule has 1 heterocycles. The van der Waals surface area contributed by atoms with Gasteiger partial charge in [-0.3, -0.25) is 4.79 Å². The Bertz CT molecular complexity index is 878. The van der Waals surface area contributed by atoms with Crippen molar-refractivity contribution in [2.24, 2.45) is 0 Å². The van der Waals surface area contributed by atoms with E-state index in [1.807, 2.05) is 44.2 Å². The fourth-order valence-corrected chi connectivity index (χ4v) is 3.26. The molecule has 0 aliphatic rings. The second-order valence-electron chi connectivity index (χ2n) is 6.47. The van der Waals surface area contributed by atoms with Crippen molar-refractivity contribution in [1.29, 1.82) is 0 Å². The largest absolute Gasteiger partial charge is 0.318 e. The maximum atomic E-state index is 12.6. The molecule has 0 radical (unpaired) electrons. The van der Waals surface area contributed by atoms with E-state index in [-0.39, 0.29) is 5.78 Å². The van der Waals surface area contributed by atoms with Crippen LogP contribution < -0.4 is 5.32 Å². The molecule has 0 saturated carbocycles. The van der Waals surface area contributed by atoms with Crippen LogP contribution in [0, 0.1) is 20.8 Å².